The van der Waals surface area contributed by atoms with E-state index in [1.807, 2.05) is 30.3 Å². The first kappa shape index (κ1) is 15.6. The number of rotatable bonds is 5. The van der Waals surface area contributed by atoms with Crippen LogP contribution in [0.15, 0.2) is 72.9 Å². The van der Waals surface area contributed by atoms with Gasteiger partial charge < -0.3 is 14.4 Å². The van der Waals surface area contributed by atoms with Crippen molar-refractivity contribution in [3.63, 3.8) is 0 Å². The number of carboxylic acids is 1. The second-order valence-corrected chi connectivity index (χ2v) is 5.18. The average molecular weight is 321 g/mol. The van der Waals surface area contributed by atoms with Crippen LogP contribution in [0.25, 0.3) is 5.69 Å². The van der Waals surface area contributed by atoms with Crippen LogP contribution in [-0.2, 0) is 11.3 Å². The summed E-state index contributed by atoms with van der Waals surface area (Å²) in [5.74, 6) is -1.48. The van der Waals surface area contributed by atoms with Crippen molar-refractivity contribution in [1.29, 1.82) is 0 Å². The Hall–Kier alpha value is -3.34. The summed E-state index contributed by atoms with van der Waals surface area (Å²) in [6.45, 7) is 0.181. The number of ether oxygens (including phenoxy) is 1. The molecule has 0 aliphatic heterocycles. The number of nitrogens with zero attached hydrogens (tertiary/aromatic N) is 1. The smallest absolute Gasteiger partial charge is 0.355 e. The lowest BCUT2D eigenvalue weighted by Gasteiger charge is -2.10. The van der Waals surface area contributed by atoms with Gasteiger partial charge in [0.15, 0.2) is 0 Å². The molecule has 3 aromatic rings. The van der Waals surface area contributed by atoms with Gasteiger partial charge >= 0.3 is 11.9 Å². The van der Waals surface area contributed by atoms with Crippen LogP contribution in [0, 0.1) is 0 Å². The van der Waals surface area contributed by atoms with Gasteiger partial charge in [-0.15, -0.1) is 0 Å². The van der Waals surface area contributed by atoms with E-state index in [9.17, 15) is 9.59 Å². The first-order valence-corrected chi connectivity index (χ1v) is 7.37. The molecular weight excluding hydrogens is 306 g/mol. The maximum atomic E-state index is 12.3. The summed E-state index contributed by atoms with van der Waals surface area (Å²) in [5.41, 5.74) is 1.99. The van der Waals surface area contributed by atoms with Gasteiger partial charge in [0.05, 0.1) is 5.56 Å². The molecule has 0 aliphatic carbocycles. The number of esters is 1. The monoisotopic (exact) mass is 321 g/mol. The Bertz CT molecular complexity index is 868. The molecule has 120 valence electrons. The Balaban J connectivity index is 1.81. The zero-order valence-electron chi connectivity index (χ0n) is 12.8. The third kappa shape index (κ3) is 3.35. The molecule has 1 heterocycles. The summed E-state index contributed by atoms with van der Waals surface area (Å²) in [6.07, 6.45) is 1.69. The highest BCUT2D eigenvalue weighted by Gasteiger charge is 2.14. The fraction of sp³-hybridized carbons (Fsp3) is 0.0526. The van der Waals surface area contributed by atoms with Crippen molar-refractivity contribution >= 4 is 11.9 Å². The summed E-state index contributed by atoms with van der Waals surface area (Å²) in [7, 11) is 0. The van der Waals surface area contributed by atoms with Gasteiger partial charge in [0, 0.05) is 11.9 Å². The number of hydrogen-bond acceptors (Lipinski definition) is 3. The zero-order chi connectivity index (χ0) is 16.9. The minimum atomic E-state index is -1.02. The van der Waals surface area contributed by atoms with E-state index in [0.717, 1.165) is 5.56 Å². The Morgan fingerprint density at radius 1 is 0.958 bits per heavy atom. The molecule has 3 rings (SSSR count). The second-order valence-electron chi connectivity index (χ2n) is 5.18. The Kier molecular flexibility index (Phi) is 4.43. The standard InChI is InChI=1S/C19H15NO4/c21-18(22)15-8-4-9-16(12-15)20-11-5-10-17(20)19(23)24-13-14-6-2-1-3-7-14/h1-12H,13H2,(H,21,22). The second kappa shape index (κ2) is 6.83. The maximum absolute atomic E-state index is 12.3. The van der Waals surface area contributed by atoms with Crippen LogP contribution in [0.2, 0.25) is 0 Å². The molecule has 0 bridgehead atoms. The third-order valence-corrected chi connectivity index (χ3v) is 3.54. The molecule has 0 saturated heterocycles. The summed E-state index contributed by atoms with van der Waals surface area (Å²) in [4.78, 5) is 23.4. The van der Waals surface area contributed by atoms with Crippen LogP contribution >= 0.6 is 0 Å². The molecule has 0 saturated carbocycles. The lowest BCUT2D eigenvalue weighted by Crippen LogP contribution is -2.11. The number of aromatic carboxylic acids is 1. The highest BCUT2D eigenvalue weighted by molar-refractivity contribution is 5.90. The molecule has 0 unspecified atom stereocenters. The first-order chi connectivity index (χ1) is 11.6. The van der Waals surface area contributed by atoms with Crippen molar-refractivity contribution in [2.45, 2.75) is 6.61 Å². The van der Waals surface area contributed by atoms with E-state index < -0.39 is 11.9 Å². The van der Waals surface area contributed by atoms with Crippen LogP contribution in [0.3, 0.4) is 0 Å². The van der Waals surface area contributed by atoms with Gasteiger partial charge in [-0.05, 0) is 35.9 Å². The number of hydrogen-bond donors (Lipinski definition) is 1. The Morgan fingerprint density at radius 2 is 1.75 bits per heavy atom. The van der Waals surface area contributed by atoms with E-state index in [4.69, 9.17) is 9.84 Å². The number of carboxylic acid groups (broad SMARTS) is 1. The van der Waals surface area contributed by atoms with Crippen molar-refractivity contribution in [2.75, 3.05) is 0 Å². The summed E-state index contributed by atoms with van der Waals surface area (Å²) >= 11 is 0. The molecule has 1 N–H and O–H groups in total. The molecule has 0 aliphatic rings. The largest absolute Gasteiger partial charge is 0.478 e. The lowest BCUT2D eigenvalue weighted by molar-refractivity contribution is 0.0463. The normalized spacial score (nSPS) is 10.3. The minimum absolute atomic E-state index is 0.157. The SMILES string of the molecule is O=C(O)c1cccc(-n2cccc2C(=O)OCc2ccccc2)c1. The molecule has 5 heteroatoms. The highest BCUT2D eigenvalue weighted by atomic mass is 16.5. The van der Waals surface area contributed by atoms with Crippen molar-refractivity contribution in [3.8, 4) is 5.69 Å². The van der Waals surface area contributed by atoms with Gasteiger partial charge in [-0.1, -0.05) is 36.4 Å². The van der Waals surface area contributed by atoms with Gasteiger partial charge in [-0.3, -0.25) is 0 Å². The number of carbonyl (C=O) groups excluding carboxylic acids is 1. The van der Waals surface area contributed by atoms with Crippen molar-refractivity contribution in [3.05, 3.63) is 89.7 Å². The maximum Gasteiger partial charge on any atom is 0.355 e. The van der Waals surface area contributed by atoms with Crippen molar-refractivity contribution in [2.24, 2.45) is 0 Å². The zero-order valence-corrected chi connectivity index (χ0v) is 12.8. The van der Waals surface area contributed by atoms with E-state index >= 15 is 0 Å². The van der Waals surface area contributed by atoms with Crippen LogP contribution in [0.4, 0.5) is 0 Å². The molecular formula is C19H15NO4. The van der Waals surface area contributed by atoms with E-state index in [1.54, 1.807) is 35.0 Å². The lowest BCUT2D eigenvalue weighted by atomic mass is 10.2. The molecule has 0 amide bonds. The molecule has 1 aromatic heterocycles. The number of benzene rings is 2. The Labute approximate surface area is 138 Å². The van der Waals surface area contributed by atoms with Crippen LogP contribution in [0.5, 0.6) is 0 Å². The van der Waals surface area contributed by atoms with Crippen molar-refractivity contribution < 1.29 is 19.4 Å². The summed E-state index contributed by atoms with van der Waals surface area (Å²) in [5, 5.41) is 9.09. The first-order valence-electron chi connectivity index (χ1n) is 7.37. The average Bonchev–Trinajstić information content (AvgIpc) is 3.10. The highest BCUT2D eigenvalue weighted by Crippen LogP contribution is 2.16. The topological polar surface area (TPSA) is 68.5 Å². The quantitative estimate of drug-likeness (QED) is 0.730. The predicted molar refractivity (Wildman–Crippen MR) is 88.3 cm³/mol. The molecule has 2 aromatic carbocycles. The molecule has 0 spiro atoms. The van der Waals surface area contributed by atoms with Gasteiger partial charge in [0.1, 0.15) is 12.3 Å². The van der Waals surface area contributed by atoms with E-state index in [1.165, 1.54) is 12.1 Å². The molecule has 24 heavy (non-hydrogen) atoms. The Morgan fingerprint density at radius 3 is 2.50 bits per heavy atom. The molecule has 0 fully saturated rings. The van der Waals surface area contributed by atoms with Gasteiger partial charge in [-0.2, -0.15) is 0 Å². The fourth-order valence-electron chi connectivity index (χ4n) is 2.36. The van der Waals surface area contributed by atoms with E-state index in [-0.39, 0.29) is 12.2 Å². The van der Waals surface area contributed by atoms with E-state index in [2.05, 4.69) is 0 Å². The molecule has 5 nitrogen and oxygen atoms in total. The van der Waals surface area contributed by atoms with E-state index in [0.29, 0.717) is 11.4 Å². The molecule has 0 atom stereocenters. The van der Waals surface area contributed by atoms with Gasteiger partial charge in [0.25, 0.3) is 0 Å². The summed E-state index contributed by atoms with van der Waals surface area (Å²) in [6, 6.07) is 19.1. The fourth-order valence-corrected chi connectivity index (χ4v) is 2.36. The minimum Gasteiger partial charge on any atom is -0.478 e. The van der Waals surface area contributed by atoms with Gasteiger partial charge in [-0.25, -0.2) is 9.59 Å². The number of aromatic nitrogens is 1. The van der Waals surface area contributed by atoms with Crippen LogP contribution in [0.1, 0.15) is 26.4 Å². The molecule has 0 radical (unpaired) electrons. The van der Waals surface area contributed by atoms with Crippen LogP contribution in [-0.4, -0.2) is 21.6 Å². The summed E-state index contributed by atoms with van der Waals surface area (Å²) < 4.78 is 6.95. The van der Waals surface area contributed by atoms with Crippen LogP contribution < -0.4 is 0 Å². The number of carbonyl (C=O) groups is 2. The predicted octanol–water partition coefficient (Wildman–Crippen LogP) is 3.53. The third-order valence-electron chi connectivity index (χ3n) is 3.54. The van der Waals surface area contributed by atoms with Crippen molar-refractivity contribution in [1.82, 2.24) is 4.57 Å². The van der Waals surface area contributed by atoms with Gasteiger partial charge in [0.2, 0.25) is 0 Å².